The first-order valence-electron chi connectivity index (χ1n) is 11.9. The molecule has 0 saturated carbocycles. The quantitative estimate of drug-likeness (QED) is 0.214. The molecular formula is C28H26ClIN4O2. The Hall–Kier alpha value is -2.91. The first-order valence-corrected chi connectivity index (χ1v) is 13.3. The summed E-state index contributed by atoms with van der Waals surface area (Å²) < 4.78 is 0.914. The van der Waals surface area contributed by atoms with E-state index in [-0.39, 0.29) is 17.6 Å². The highest BCUT2D eigenvalue weighted by atomic mass is 127. The fraction of sp³-hybridized carbons (Fsp3) is 0.250. The average Bonchev–Trinajstić information content (AvgIpc) is 2.87. The van der Waals surface area contributed by atoms with E-state index in [9.17, 15) is 9.90 Å². The number of nitrogens with zero attached hydrogens (tertiary/aromatic N) is 4. The highest BCUT2D eigenvalue weighted by Crippen LogP contribution is 2.43. The summed E-state index contributed by atoms with van der Waals surface area (Å²) >= 11 is 9.29. The molecule has 1 amide bonds. The SMILES string of the molecule is C=CC(=O)N1CCN(c2nc(C(C)C)nc3c(I)c(-c4cc(O)cc5ccccc45)c(Cl)cc23)CC1. The number of fused-ring (bicyclic) bond motifs is 2. The van der Waals surface area contributed by atoms with Crippen LogP contribution in [0.5, 0.6) is 5.75 Å². The lowest BCUT2D eigenvalue weighted by Crippen LogP contribution is -2.48. The minimum atomic E-state index is -0.0503. The van der Waals surface area contributed by atoms with E-state index in [1.165, 1.54) is 6.08 Å². The lowest BCUT2D eigenvalue weighted by atomic mass is 9.96. The van der Waals surface area contributed by atoms with E-state index in [0.29, 0.717) is 31.2 Å². The monoisotopic (exact) mass is 612 g/mol. The molecular weight excluding hydrogens is 587 g/mol. The fourth-order valence-electron chi connectivity index (χ4n) is 4.71. The summed E-state index contributed by atoms with van der Waals surface area (Å²) in [5.41, 5.74) is 2.54. The summed E-state index contributed by atoms with van der Waals surface area (Å²) in [6, 6.07) is 13.4. The number of phenols is 1. The molecule has 4 aromatic rings. The van der Waals surface area contributed by atoms with E-state index >= 15 is 0 Å². The van der Waals surface area contributed by atoms with Gasteiger partial charge in [0.25, 0.3) is 0 Å². The van der Waals surface area contributed by atoms with Crippen LogP contribution in [-0.4, -0.2) is 52.1 Å². The highest BCUT2D eigenvalue weighted by Gasteiger charge is 2.26. The zero-order valence-electron chi connectivity index (χ0n) is 20.1. The van der Waals surface area contributed by atoms with Crippen molar-refractivity contribution in [3.05, 3.63) is 69.5 Å². The number of rotatable bonds is 4. The van der Waals surface area contributed by atoms with Gasteiger partial charge in [-0.2, -0.15) is 0 Å². The standard InChI is InChI=1S/C28H26ClIN4O2/c1-4-23(36)33-9-11-34(12-10-33)28-21-15-22(29)24(25(30)26(21)31-27(32-28)16(2)3)20-14-18(35)13-17-7-5-6-8-19(17)20/h4-8,13-16,35H,1,9-12H2,2-3H3. The van der Waals surface area contributed by atoms with Crippen molar-refractivity contribution in [3.8, 4) is 16.9 Å². The van der Waals surface area contributed by atoms with Crippen molar-refractivity contribution in [3.63, 3.8) is 0 Å². The Balaban J connectivity index is 1.70. The van der Waals surface area contributed by atoms with Crippen LogP contribution in [-0.2, 0) is 4.79 Å². The molecule has 0 bridgehead atoms. The van der Waals surface area contributed by atoms with E-state index < -0.39 is 0 Å². The van der Waals surface area contributed by atoms with E-state index in [2.05, 4.69) is 47.9 Å². The largest absolute Gasteiger partial charge is 0.508 e. The lowest BCUT2D eigenvalue weighted by molar-refractivity contribution is -0.126. The molecule has 5 rings (SSSR count). The molecule has 1 aliphatic heterocycles. The summed E-state index contributed by atoms with van der Waals surface area (Å²) in [5, 5.41) is 13.9. The van der Waals surface area contributed by atoms with Crippen LogP contribution in [0, 0.1) is 3.57 Å². The number of hydrogen-bond acceptors (Lipinski definition) is 5. The highest BCUT2D eigenvalue weighted by molar-refractivity contribution is 14.1. The molecule has 184 valence electrons. The lowest BCUT2D eigenvalue weighted by Gasteiger charge is -2.35. The molecule has 0 aliphatic carbocycles. The van der Waals surface area contributed by atoms with Crippen LogP contribution in [0.15, 0.2) is 55.1 Å². The van der Waals surface area contributed by atoms with Gasteiger partial charge in [-0.3, -0.25) is 4.79 Å². The molecule has 3 aromatic carbocycles. The number of carbonyl (C=O) groups is 1. The Bertz CT molecular complexity index is 1510. The van der Waals surface area contributed by atoms with E-state index in [1.54, 1.807) is 17.0 Å². The third-order valence-corrected chi connectivity index (χ3v) is 7.93. The summed E-state index contributed by atoms with van der Waals surface area (Å²) in [6.45, 7) is 10.3. The van der Waals surface area contributed by atoms with Gasteiger partial charge >= 0.3 is 0 Å². The van der Waals surface area contributed by atoms with Crippen LogP contribution in [0.25, 0.3) is 32.8 Å². The molecule has 0 radical (unpaired) electrons. The van der Waals surface area contributed by atoms with Gasteiger partial charge in [0, 0.05) is 46.6 Å². The van der Waals surface area contributed by atoms with Crippen molar-refractivity contribution < 1.29 is 9.90 Å². The molecule has 1 fully saturated rings. The molecule has 1 aromatic heterocycles. The van der Waals surface area contributed by atoms with Crippen LogP contribution < -0.4 is 4.90 Å². The van der Waals surface area contributed by atoms with E-state index in [4.69, 9.17) is 21.6 Å². The molecule has 0 atom stereocenters. The summed E-state index contributed by atoms with van der Waals surface area (Å²) in [4.78, 5) is 26.0. The number of amides is 1. The van der Waals surface area contributed by atoms with Gasteiger partial charge in [0.1, 0.15) is 17.4 Å². The third-order valence-electron chi connectivity index (χ3n) is 6.58. The summed E-state index contributed by atoms with van der Waals surface area (Å²) in [7, 11) is 0. The predicted molar refractivity (Wildman–Crippen MR) is 155 cm³/mol. The van der Waals surface area contributed by atoms with Crippen LogP contribution >= 0.6 is 34.2 Å². The van der Waals surface area contributed by atoms with Gasteiger partial charge in [0.15, 0.2) is 0 Å². The van der Waals surface area contributed by atoms with Crippen molar-refractivity contribution in [2.24, 2.45) is 0 Å². The van der Waals surface area contributed by atoms with Gasteiger partial charge in [0.05, 0.1) is 10.5 Å². The Morgan fingerprint density at radius 1 is 1.11 bits per heavy atom. The molecule has 1 aliphatic rings. The molecule has 2 heterocycles. The number of piperazine rings is 1. The zero-order valence-corrected chi connectivity index (χ0v) is 23.0. The van der Waals surface area contributed by atoms with Gasteiger partial charge in [-0.15, -0.1) is 0 Å². The van der Waals surface area contributed by atoms with Crippen LogP contribution in [0.2, 0.25) is 5.02 Å². The molecule has 0 spiro atoms. The maximum Gasteiger partial charge on any atom is 0.246 e. The smallest absolute Gasteiger partial charge is 0.246 e. The van der Waals surface area contributed by atoms with Gasteiger partial charge in [-0.05, 0) is 63.2 Å². The number of anilines is 1. The van der Waals surface area contributed by atoms with Gasteiger partial charge in [-0.1, -0.05) is 56.3 Å². The topological polar surface area (TPSA) is 69.6 Å². The molecule has 1 N–H and O–H groups in total. The number of carbonyl (C=O) groups excluding carboxylic acids is 1. The van der Waals surface area contributed by atoms with E-state index in [1.807, 2.05) is 30.3 Å². The number of hydrogen-bond donors (Lipinski definition) is 1. The first kappa shape index (κ1) is 24.8. The second kappa shape index (κ2) is 9.86. The van der Waals surface area contributed by atoms with Crippen LogP contribution in [0.1, 0.15) is 25.6 Å². The van der Waals surface area contributed by atoms with Crippen molar-refractivity contribution in [2.45, 2.75) is 19.8 Å². The fourth-order valence-corrected chi connectivity index (χ4v) is 6.17. The molecule has 36 heavy (non-hydrogen) atoms. The minimum Gasteiger partial charge on any atom is -0.508 e. The van der Waals surface area contributed by atoms with Gasteiger partial charge in [0.2, 0.25) is 5.91 Å². The number of benzene rings is 3. The van der Waals surface area contributed by atoms with Crippen molar-refractivity contribution in [2.75, 3.05) is 31.1 Å². The van der Waals surface area contributed by atoms with Crippen LogP contribution in [0.3, 0.4) is 0 Å². The van der Waals surface area contributed by atoms with Crippen molar-refractivity contribution >= 4 is 67.6 Å². The van der Waals surface area contributed by atoms with E-state index in [0.717, 1.165) is 48.0 Å². The third kappa shape index (κ3) is 4.39. The van der Waals surface area contributed by atoms with Gasteiger partial charge in [-0.25, -0.2) is 9.97 Å². The molecule has 8 heteroatoms. The van der Waals surface area contributed by atoms with Gasteiger partial charge < -0.3 is 14.9 Å². The first-order chi connectivity index (χ1) is 17.3. The number of aromatic nitrogens is 2. The second-order valence-corrected chi connectivity index (χ2v) is 10.7. The average molecular weight is 613 g/mol. The number of halogens is 2. The van der Waals surface area contributed by atoms with Crippen molar-refractivity contribution in [1.82, 2.24) is 14.9 Å². The number of aromatic hydroxyl groups is 1. The second-order valence-electron chi connectivity index (χ2n) is 9.23. The molecule has 6 nitrogen and oxygen atoms in total. The Morgan fingerprint density at radius 2 is 1.83 bits per heavy atom. The Morgan fingerprint density at radius 3 is 2.53 bits per heavy atom. The zero-order chi connectivity index (χ0) is 25.6. The maximum absolute atomic E-state index is 12.1. The van der Waals surface area contributed by atoms with Crippen molar-refractivity contribution in [1.29, 1.82) is 0 Å². The maximum atomic E-state index is 12.1. The molecule has 1 saturated heterocycles. The normalized spacial score (nSPS) is 14.1. The number of phenolic OH excluding ortho intramolecular Hbond substituents is 1. The predicted octanol–water partition coefficient (Wildman–Crippen LogP) is 6.37. The minimum absolute atomic E-state index is 0.0503. The molecule has 0 unspecified atom stereocenters. The summed E-state index contributed by atoms with van der Waals surface area (Å²) in [6.07, 6.45) is 1.36. The van der Waals surface area contributed by atoms with Crippen LogP contribution in [0.4, 0.5) is 5.82 Å². The Kier molecular flexibility index (Phi) is 6.78. The summed E-state index contributed by atoms with van der Waals surface area (Å²) in [5.74, 6) is 1.86. The Labute approximate surface area is 228 Å².